The maximum absolute atomic E-state index is 13.8. The number of rotatable bonds is 12. The normalized spacial score (nSPS) is 24.2. The minimum Gasteiger partial charge on any atom is -0.423 e. The van der Waals surface area contributed by atoms with Crippen LogP contribution >= 0.6 is 0 Å². The second-order valence-electron chi connectivity index (χ2n) is 17.7. The highest BCUT2D eigenvalue weighted by atomic mass is 16.5. The summed E-state index contributed by atoms with van der Waals surface area (Å²) < 4.78 is 5.90. The van der Waals surface area contributed by atoms with Crippen molar-refractivity contribution < 1.29 is 9.53 Å². The fraction of sp³-hybridized carbons (Fsp3) is 0.500. The van der Waals surface area contributed by atoms with Gasteiger partial charge in [0.2, 0.25) is 0 Å². The molecule has 288 valence electrons. The van der Waals surface area contributed by atoms with Gasteiger partial charge in [0, 0.05) is 0 Å². The quantitative estimate of drug-likeness (QED) is 0.108. The summed E-state index contributed by atoms with van der Waals surface area (Å²) in [5.74, 6) is 4.46. The first-order valence-corrected chi connectivity index (χ1v) is 22.0. The number of nitrogens with zero attached hydrogens (tertiary/aromatic N) is 1. The van der Waals surface area contributed by atoms with Gasteiger partial charge >= 0.3 is 5.97 Å². The Morgan fingerprint density at radius 2 is 1.36 bits per heavy atom. The zero-order chi connectivity index (χ0) is 38.1. The van der Waals surface area contributed by atoms with Crippen molar-refractivity contribution in [3.05, 3.63) is 113 Å². The van der Waals surface area contributed by atoms with Crippen LogP contribution in [0.15, 0.2) is 84.9 Å². The molecule has 55 heavy (non-hydrogen) atoms. The Balaban J connectivity index is 1.26. The summed E-state index contributed by atoms with van der Waals surface area (Å²) in [6.07, 6.45) is 22.0. The van der Waals surface area contributed by atoms with Crippen molar-refractivity contribution in [1.82, 2.24) is 0 Å². The van der Waals surface area contributed by atoms with Crippen LogP contribution in [-0.2, 0) is 6.42 Å². The Labute approximate surface area is 331 Å². The van der Waals surface area contributed by atoms with Gasteiger partial charge in [-0.2, -0.15) is 5.26 Å². The average molecular weight is 734 g/mol. The van der Waals surface area contributed by atoms with E-state index in [2.05, 4.69) is 81.4 Å². The number of nitriles is 1. The second-order valence-corrected chi connectivity index (χ2v) is 17.7. The number of benzene rings is 4. The lowest BCUT2D eigenvalue weighted by Gasteiger charge is -2.30. The van der Waals surface area contributed by atoms with Gasteiger partial charge in [-0.15, -0.1) is 0 Å². The number of hydrogen-bond acceptors (Lipinski definition) is 3. The molecule has 3 aliphatic rings. The third-order valence-corrected chi connectivity index (χ3v) is 13.7. The monoisotopic (exact) mass is 733 g/mol. The Kier molecular flexibility index (Phi) is 13.3. The third kappa shape index (κ3) is 9.81. The molecule has 0 amide bonds. The van der Waals surface area contributed by atoms with Crippen molar-refractivity contribution in [2.45, 2.75) is 142 Å². The van der Waals surface area contributed by atoms with E-state index in [0.717, 1.165) is 30.1 Å². The minimum atomic E-state index is -0.366. The topological polar surface area (TPSA) is 50.1 Å². The molecular formula is C52H63NO2. The summed E-state index contributed by atoms with van der Waals surface area (Å²) in [5, 5.41) is 9.26. The molecule has 4 aromatic carbocycles. The maximum Gasteiger partial charge on any atom is 0.343 e. The SMILES string of the molecule is CCCC1CCC(c2ccc(-c3ccc(CC4CCCC(CCC)C4)cc3-c3cc(C(=O)Oc4ccc(C#N)cc4)ccc3C3CCC(C)CC3)cc2)CC1. The largest absolute Gasteiger partial charge is 0.423 e. The molecule has 3 aliphatic carbocycles. The fourth-order valence-electron chi connectivity index (χ4n) is 10.5. The smallest absolute Gasteiger partial charge is 0.343 e. The number of carbonyl (C=O) groups excluding carboxylic acids is 1. The van der Waals surface area contributed by atoms with E-state index >= 15 is 0 Å². The van der Waals surface area contributed by atoms with Crippen LogP contribution in [0.2, 0.25) is 0 Å². The third-order valence-electron chi connectivity index (χ3n) is 13.7. The van der Waals surface area contributed by atoms with Crippen molar-refractivity contribution >= 4 is 5.97 Å². The highest BCUT2D eigenvalue weighted by Gasteiger charge is 2.27. The summed E-state index contributed by atoms with van der Waals surface area (Å²) in [6.45, 7) is 7.04. The molecule has 3 saturated carbocycles. The zero-order valence-electron chi connectivity index (χ0n) is 33.8. The lowest BCUT2D eigenvalue weighted by molar-refractivity contribution is 0.0734. The van der Waals surface area contributed by atoms with Crippen LogP contribution in [0.5, 0.6) is 5.75 Å². The maximum atomic E-state index is 13.8. The van der Waals surface area contributed by atoms with E-state index in [0.29, 0.717) is 28.7 Å². The van der Waals surface area contributed by atoms with E-state index in [1.165, 1.54) is 142 Å². The average Bonchev–Trinajstić information content (AvgIpc) is 3.22. The minimum absolute atomic E-state index is 0.366. The highest BCUT2D eigenvalue weighted by molar-refractivity contribution is 5.95. The van der Waals surface area contributed by atoms with E-state index in [4.69, 9.17) is 4.74 Å². The fourth-order valence-corrected chi connectivity index (χ4v) is 10.5. The highest BCUT2D eigenvalue weighted by Crippen LogP contribution is 2.45. The first-order valence-electron chi connectivity index (χ1n) is 22.0. The van der Waals surface area contributed by atoms with Crippen LogP contribution in [-0.4, -0.2) is 5.97 Å². The lowest BCUT2D eigenvalue weighted by Crippen LogP contribution is -2.17. The molecule has 3 fully saturated rings. The summed E-state index contributed by atoms with van der Waals surface area (Å²) >= 11 is 0. The van der Waals surface area contributed by atoms with Gasteiger partial charge in [-0.1, -0.05) is 127 Å². The molecule has 0 aliphatic heterocycles. The van der Waals surface area contributed by atoms with Gasteiger partial charge in [0.1, 0.15) is 5.75 Å². The number of ether oxygens (including phenoxy) is 1. The van der Waals surface area contributed by atoms with E-state index in [-0.39, 0.29) is 5.97 Å². The lowest BCUT2D eigenvalue weighted by atomic mass is 9.75. The standard InChI is InChI=1S/C52H63NO2/c1-4-7-37-13-20-42(21-14-37)43-22-24-45(25-23-43)48-29-17-41(32-40-10-6-9-38(31-40)8-5-2)33-50(48)51-34-46(26-30-49(51)44-18-11-36(3)12-19-44)52(54)55-47-27-15-39(35-53)16-28-47/h15-17,22-30,33-34,36-38,40,42,44H,4-14,18-21,31-32H2,1-3H3. The summed E-state index contributed by atoms with van der Waals surface area (Å²) in [5.41, 5.74) is 10.3. The van der Waals surface area contributed by atoms with Gasteiger partial charge in [0.15, 0.2) is 0 Å². The molecule has 3 nitrogen and oxygen atoms in total. The van der Waals surface area contributed by atoms with Gasteiger partial charge in [-0.05, 0) is 162 Å². The molecule has 0 aromatic heterocycles. The van der Waals surface area contributed by atoms with Crippen LogP contribution in [0.3, 0.4) is 0 Å². The van der Waals surface area contributed by atoms with Crippen molar-refractivity contribution in [1.29, 1.82) is 5.26 Å². The summed E-state index contributed by atoms with van der Waals surface area (Å²) in [6, 6.07) is 32.1. The number of hydrogen-bond donors (Lipinski definition) is 0. The number of esters is 1. The van der Waals surface area contributed by atoms with Crippen molar-refractivity contribution in [3.63, 3.8) is 0 Å². The Morgan fingerprint density at radius 1 is 0.673 bits per heavy atom. The van der Waals surface area contributed by atoms with Gasteiger partial charge < -0.3 is 4.74 Å². The summed E-state index contributed by atoms with van der Waals surface area (Å²) in [4.78, 5) is 13.8. The zero-order valence-corrected chi connectivity index (χ0v) is 33.8. The molecule has 0 spiro atoms. The van der Waals surface area contributed by atoms with Crippen LogP contribution in [0.4, 0.5) is 0 Å². The van der Waals surface area contributed by atoms with Gasteiger partial charge in [-0.25, -0.2) is 4.79 Å². The predicted molar refractivity (Wildman–Crippen MR) is 227 cm³/mol. The van der Waals surface area contributed by atoms with Crippen molar-refractivity contribution in [2.24, 2.45) is 23.7 Å². The molecule has 2 atom stereocenters. The molecule has 0 heterocycles. The number of carbonyl (C=O) groups is 1. The molecule has 0 N–H and O–H groups in total. The van der Waals surface area contributed by atoms with Crippen LogP contribution < -0.4 is 4.74 Å². The first-order chi connectivity index (χ1) is 26.9. The van der Waals surface area contributed by atoms with Crippen molar-refractivity contribution in [3.8, 4) is 34.1 Å². The molecule has 7 rings (SSSR count). The van der Waals surface area contributed by atoms with Gasteiger partial charge in [0.05, 0.1) is 17.2 Å². The van der Waals surface area contributed by atoms with Crippen LogP contribution in [0.25, 0.3) is 22.3 Å². The van der Waals surface area contributed by atoms with Crippen molar-refractivity contribution in [2.75, 3.05) is 0 Å². The Hall–Kier alpha value is -4.16. The molecule has 0 bridgehead atoms. The first kappa shape index (κ1) is 39.1. The molecule has 0 saturated heterocycles. The summed E-state index contributed by atoms with van der Waals surface area (Å²) in [7, 11) is 0. The van der Waals surface area contributed by atoms with Gasteiger partial charge in [0.25, 0.3) is 0 Å². The Bertz CT molecular complexity index is 1900. The van der Waals surface area contributed by atoms with Crippen LogP contribution in [0, 0.1) is 35.0 Å². The molecule has 3 heteroatoms. The molecular weight excluding hydrogens is 671 g/mol. The second kappa shape index (κ2) is 18.7. The van der Waals surface area contributed by atoms with E-state index in [9.17, 15) is 10.1 Å². The Morgan fingerprint density at radius 3 is 2.07 bits per heavy atom. The molecule has 2 unspecified atom stereocenters. The predicted octanol–water partition coefficient (Wildman–Crippen LogP) is 14.6. The van der Waals surface area contributed by atoms with E-state index < -0.39 is 0 Å². The van der Waals surface area contributed by atoms with Crippen LogP contribution in [0.1, 0.15) is 168 Å². The van der Waals surface area contributed by atoms with E-state index in [1.54, 1.807) is 24.3 Å². The van der Waals surface area contributed by atoms with Gasteiger partial charge in [-0.3, -0.25) is 0 Å². The van der Waals surface area contributed by atoms with E-state index in [1.807, 2.05) is 6.07 Å². The molecule has 0 radical (unpaired) electrons. The molecule has 4 aromatic rings.